The van der Waals surface area contributed by atoms with Gasteiger partial charge in [-0.2, -0.15) is 0 Å². The van der Waals surface area contributed by atoms with E-state index < -0.39 is 0 Å². The van der Waals surface area contributed by atoms with Crippen LogP contribution in [0.3, 0.4) is 0 Å². The summed E-state index contributed by atoms with van der Waals surface area (Å²) in [5.74, 6) is 0.0556. The van der Waals surface area contributed by atoms with Crippen LogP contribution in [0.5, 0.6) is 0 Å². The highest BCUT2D eigenvalue weighted by atomic mass is 79.9. The topological polar surface area (TPSA) is 29.1 Å². The highest BCUT2D eigenvalue weighted by Gasteiger charge is 2.30. The minimum absolute atomic E-state index is 0.0463. The summed E-state index contributed by atoms with van der Waals surface area (Å²) in [5.41, 5.74) is -0.205. The van der Waals surface area contributed by atoms with Crippen molar-refractivity contribution < 1.29 is 4.79 Å². The Morgan fingerprint density at radius 3 is 1.77 bits per heavy atom. The fraction of sp³-hybridized carbons (Fsp3) is 0.900. The number of rotatable bonds is 1. The average molecular weight is 250 g/mol. The molecule has 0 saturated heterocycles. The van der Waals surface area contributed by atoms with E-state index in [9.17, 15) is 4.79 Å². The van der Waals surface area contributed by atoms with Crippen LogP contribution in [0.4, 0.5) is 0 Å². The number of alkyl halides is 1. The summed E-state index contributed by atoms with van der Waals surface area (Å²) in [6.07, 6.45) is 0. The lowest BCUT2D eigenvalue weighted by Gasteiger charge is -2.28. The molecule has 0 fully saturated rings. The van der Waals surface area contributed by atoms with E-state index in [0.717, 1.165) is 0 Å². The van der Waals surface area contributed by atoms with Crippen LogP contribution in [-0.4, -0.2) is 16.3 Å². The largest absolute Gasteiger partial charge is 0.351 e. The molecule has 0 unspecified atom stereocenters. The van der Waals surface area contributed by atoms with Gasteiger partial charge >= 0.3 is 0 Å². The maximum absolute atomic E-state index is 11.6. The van der Waals surface area contributed by atoms with Gasteiger partial charge in [0.2, 0.25) is 5.91 Å². The molecule has 0 aliphatic heterocycles. The van der Waals surface area contributed by atoms with E-state index in [-0.39, 0.29) is 21.7 Å². The second kappa shape index (κ2) is 3.99. The predicted octanol–water partition coefficient (Wildman–Crippen LogP) is 2.71. The van der Waals surface area contributed by atoms with Crippen molar-refractivity contribution in [1.82, 2.24) is 5.32 Å². The Morgan fingerprint density at radius 1 is 1.15 bits per heavy atom. The molecule has 0 bridgehead atoms. The maximum Gasteiger partial charge on any atom is 0.234 e. The van der Waals surface area contributed by atoms with Crippen molar-refractivity contribution in [3.63, 3.8) is 0 Å². The normalized spacial score (nSPS) is 15.3. The smallest absolute Gasteiger partial charge is 0.234 e. The second-order valence-corrected chi connectivity index (χ2v) is 6.38. The zero-order valence-corrected chi connectivity index (χ0v) is 10.9. The fourth-order valence-corrected chi connectivity index (χ4v) is 0.941. The van der Waals surface area contributed by atoms with Crippen LogP contribution in [0, 0.1) is 5.41 Å². The maximum atomic E-state index is 11.6. The Bertz CT molecular complexity index is 188. The fourth-order valence-electron chi connectivity index (χ4n) is 0.826. The number of hydrogen-bond acceptors (Lipinski definition) is 1. The molecule has 2 nitrogen and oxygen atoms in total. The van der Waals surface area contributed by atoms with E-state index in [2.05, 4.69) is 21.2 Å². The van der Waals surface area contributed by atoms with Crippen LogP contribution >= 0.6 is 15.9 Å². The van der Waals surface area contributed by atoms with Crippen LogP contribution < -0.4 is 5.32 Å². The molecule has 13 heavy (non-hydrogen) atoms. The van der Waals surface area contributed by atoms with Gasteiger partial charge in [0.25, 0.3) is 0 Å². The first-order valence-corrected chi connectivity index (χ1v) is 5.42. The summed E-state index contributed by atoms with van der Waals surface area (Å²) in [5, 5.41) is 2.94. The Labute approximate surface area is 89.6 Å². The Hall–Kier alpha value is -0.0500. The molecule has 3 heteroatoms. The van der Waals surface area contributed by atoms with Gasteiger partial charge in [0.05, 0.1) is 4.83 Å². The molecule has 78 valence electrons. The number of nitrogens with one attached hydrogen (secondary N) is 1. The summed E-state index contributed by atoms with van der Waals surface area (Å²) < 4.78 is 0. The first-order valence-electron chi connectivity index (χ1n) is 4.50. The lowest BCUT2D eigenvalue weighted by Crippen LogP contribution is -2.47. The highest BCUT2D eigenvalue weighted by Crippen LogP contribution is 2.26. The van der Waals surface area contributed by atoms with Gasteiger partial charge in [0.15, 0.2) is 0 Å². The first-order chi connectivity index (χ1) is 5.54. The van der Waals surface area contributed by atoms with Crippen molar-refractivity contribution in [2.75, 3.05) is 0 Å². The molecule has 1 amide bonds. The SMILES string of the molecule is CC(C)(C)NC(=O)[C@H](Br)C(C)(C)C. The summed E-state index contributed by atoms with van der Waals surface area (Å²) in [4.78, 5) is 11.5. The van der Waals surface area contributed by atoms with Crippen LogP contribution in [0.2, 0.25) is 0 Å². The summed E-state index contributed by atoms with van der Waals surface area (Å²) >= 11 is 3.40. The van der Waals surface area contributed by atoms with Crippen molar-refractivity contribution in [3.8, 4) is 0 Å². The van der Waals surface area contributed by atoms with E-state index in [0.29, 0.717) is 0 Å². The van der Waals surface area contributed by atoms with Gasteiger partial charge in [-0.1, -0.05) is 36.7 Å². The quantitative estimate of drug-likeness (QED) is 0.712. The Morgan fingerprint density at radius 2 is 1.54 bits per heavy atom. The van der Waals surface area contributed by atoms with Gasteiger partial charge < -0.3 is 5.32 Å². The minimum atomic E-state index is -0.158. The monoisotopic (exact) mass is 249 g/mol. The predicted molar refractivity (Wildman–Crippen MR) is 60.1 cm³/mol. The lowest BCUT2D eigenvalue weighted by atomic mass is 9.91. The zero-order valence-electron chi connectivity index (χ0n) is 9.36. The van der Waals surface area contributed by atoms with Gasteiger partial charge in [-0.3, -0.25) is 4.79 Å². The number of carbonyl (C=O) groups excluding carboxylic acids is 1. The van der Waals surface area contributed by atoms with Gasteiger partial charge in [0.1, 0.15) is 0 Å². The summed E-state index contributed by atoms with van der Waals surface area (Å²) in [6, 6.07) is 0. The molecule has 0 aromatic carbocycles. The first kappa shape index (κ1) is 12.9. The average Bonchev–Trinajstić information content (AvgIpc) is 1.79. The van der Waals surface area contributed by atoms with E-state index in [1.807, 2.05) is 41.5 Å². The van der Waals surface area contributed by atoms with Gasteiger partial charge in [-0.05, 0) is 26.2 Å². The zero-order chi connectivity index (χ0) is 10.9. The molecule has 0 aromatic rings. The molecular formula is C10H20BrNO. The molecule has 0 rings (SSSR count). The lowest BCUT2D eigenvalue weighted by molar-refractivity contribution is -0.123. The molecule has 1 atom stereocenters. The van der Waals surface area contributed by atoms with Crippen LogP contribution in [0.15, 0.2) is 0 Å². The molecule has 0 saturated carbocycles. The molecule has 0 spiro atoms. The van der Waals surface area contributed by atoms with Crippen LogP contribution in [0.1, 0.15) is 41.5 Å². The Kier molecular flexibility index (Phi) is 3.97. The molecule has 0 radical (unpaired) electrons. The van der Waals surface area contributed by atoms with E-state index in [4.69, 9.17) is 0 Å². The van der Waals surface area contributed by atoms with Crippen molar-refractivity contribution >= 4 is 21.8 Å². The molecule has 0 heterocycles. The summed E-state index contributed by atoms with van der Waals surface area (Å²) in [6.45, 7) is 12.0. The standard InChI is InChI=1S/C10H20BrNO/c1-9(2,3)7(11)8(13)12-10(4,5)6/h7H,1-6H3,(H,12,13)/t7-/m0/s1. The van der Waals surface area contributed by atoms with E-state index >= 15 is 0 Å². The molecule has 0 aliphatic rings. The third-order valence-electron chi connectivity index (χ3n) is 1.49. The van der Waals surface area contributed by atoms with Crippen LogP contribution in [-0.2, 0) is 4.79 Å². The highest BCUT2D eigenvalue weighted by molar-refractivity contribution is 9.10. The van der Waals surface area contributed by atoms with Gasteiger partial charge in [-0.25, -0.2) is 0 Å². The number of halogens is 1. The second-order valence-electron chi connectivity index (χ2n) is 5.47. The molecule has 0 aromatic heterocycles. The van der Waals surface area contributed by atoms with Crippen molar-refractivity contribution in [3.05, 3.63) is 0 Å². The molecule has 1 N–H and O–H groups in total. The van der Waals surface area contributed by atoms with E-state index in [1.165, 1.54) is 0 Å². The third kappa shape index (κ3) is 5.29. The van der Waals surface area contributed by atoms with Crippen LogP contribution in [0.25, 0.3) is 0 Å². The number of amides is 1. The molecule has 0 aliphatic carbocycles. The van der Waals surface area contributed by atoms with Crippen molar-refractivity contribution in [2.45, 2.75) is 51.9 Å². The summed E-state index contributed by atoms with van der Waals surface area (Å²) in [7, 11) is 0. The Balaban J connectivity index is 4.30. The minimum Gasteiger partial charge on any atom is -0.351 e. The number of carbonyl (C=O) groups is 1. The molecular weight excluding hydrogens is 230 g/mol. The number of hydrogen-bond donors (Lipinski definition) is 1. The van der Waals surface area contributed by atoms with Crippen molar-refractivity contribution in [2.24, 2.45) is 5.41 Å². The van der Waals surface area contributed by atoms with Gasteiger partial charge in [-0.15, -0.1) is 0 Å². The third-order valence-corrected chi connectivity index (χ3v) is 3.28. The van der Waals surface area contributed by atoms with E-state index in [1.54, 1.807) is 0 Å². The van der Waals surface area contributed by atoms with Gasteiger partial charge in [0, 0.05) is 5.54 Å². The van der Waals surface area contributed by atoms with Crippen molar-refractivity contribution in [1.29, 1.82) is 0 Å².